The first-order valence-electron chi connectivity index (χ1n) is 9.51. The maximum absolute atomic E-state index is 12.8. The van der Waals surface area contributed by atoms with E-state index < -0.39 is 10.0 Å². The minimum absolute atomic E-state index is 0.0140. The van der Waals surface area contributed by atoms with Gasteiger partial charge in [-0.25, -0.2) is 13.4 Å². The summed E-state index contributed by atoms with van der Waals surface area (Å²) in [7, 11) is -2.39. The lowest BCUT2D eigenvalue weighted by molar-refractivity contribution is -0.132. The summed E-state index contributed by atoms with van der Waals surface area (Å²) in [6.45, 7) is 2.24. The Morgan fingerprint density at radius 1 is 1.23 bits per heavy atom. The molecule has 1 aromatic heterocycles. The zero-order valence-corrected chi connectivity index (χ0v) is 18.4. The molecular weight excluding hydrogens is 442 g/mol. The van der Waals surface area contributed by atoms with Crippen LogP contribution in [0.5, 0.6) is 5.75 Å². The third kappa shape index (κ3) is 4.94. The average molecular weight is 464 g/mol. The second-order valence-corrected chi connectivity index (χ2v) is 9.31. The molecule has 0 bridgehead atoms. The molecule has 2 heterocycles. The van der Waals surface area contributed by atoms with Gasteiger partial charge in [-0.1, -0.05) is 23.9 Å². The normalized spacial score (nSPS) is 14.5. The number of carbonyl (C=O) groups is 1. The van der Waals surface area contributed by atoms with Gasteiger partial charge < -0.3 is 18.8 Å². The van der Waals surface area contributed by atoms with Crippen LogP contribution in [0.2, 0.25) is 0 Å². The van der Waals surface area contributed by atoms with E-state index in [4.69, 9.17) is 13.9 Å². The van der Waals surface area contributed by atoms with Gasteiger partial charge in [0.25, 0.3) is 15.2 Å². The van der Waals surface area contributed by atoms with Crippen molar-refractivity contribution in [3.8, 4) is 5.75 Å². The van der Waals surface area contributed by atoms with Crippen LogP contribution >= 0.6 is 11.8 Å². The first kappa shape index (κ1) is 21.5. The third-order valence-electron chi connectivity index (χ3n) is 4.68. The fourth-order valence-corrected chi connectivity index (χ4v) is 4.91. The Bertz CT molecular complexity index is 1190. The second kappa shape index (κ2) is 9.16. The van der Waals surface area contributed by atoms with Crippen molar-refractivity contribution in [2.24, 2.45) is 0 Å². The predicted octanol–water partition coefficient (Wildman–Crippen LogP) is 2.59. The molecule has 1 aliphatic rings. The van der Waals surface area contributed by atoms with Crippen molar-refractivity contribution in [2.75, 3.05) is 43.9 Å². The fraction of sp³-hybridized carbons (Fsp3) is 0.300. The molecule has 2 aromatic carbocycles. The highest BCUT2D eigenvalue weighted by molar-refractivity contribution is 7.99. The summed E-state index contributed by atoms with van der Waals surface area (Å²) < 4.78 is 44.3. The lowest BCUT2D eigenvalue weighted by Crippen LogP contribution is -2.41. The summed E-state index contributed by atoms with van der Waals surface area (Å²) in [5.74, 6) is 0.588. The van der Waals surface area contributed by atoms with Crippen molar-refractivity contribution in [1.29, 1.82) is 0 Å². The van der Waals surface area contributed by atoms with Crippen molar-refractivity contribution in [2.45, 2.75) is 10.1 Å². The van der Waals surface area contributed by atoms with Gasteiger partial charge in [0.1, 0.15) is 11.3 Å². The number of hydrogen-bond acceptors (Lipinski definition) is 8. The van der Waals surface area contributed by atoms with Crippen molar-refractivity contribution < 1.29 is 27.1 Å². The monoisotopic (exact) mass is 463 g/mol. The number of hydrogen-bond donors (Lipinski definition) is 1. The quantitative estimate of drug-likeness (QED) is 0.532. The van der Waals surface area contributed by atoms with E-state index in [1.54, 1.807) is 35.2 Å². The topological polar surface area (TPSA) is 111 Å². The number of carbonyl (C=O) groups excluding carboxylic acids is 1. The third-order valence-corrected chi connectivity index (χ3v) is 6.86. The maximum atomic E-state index is 12.8. The number of ether oxygens (including phenoxy) is 2. The van der Waals surface area contributed by atoms with Gasteiger partial charge in [0, 0.05) is 13.1 Å². The van der Waals surface area contributed by atoms with Crippen LogP contribution in [0.1, 0.15) is 0 Å². The summed E-state index contributed by atoms with van der Waals surface area (Å²) >= 11 is 1.18. The number of sulfonamides is 1. The Hall–Kier alpha value is -2.76. The van der Waals surface area contributed by atoms with Crippen molar-refractivity contribution in [3.63, 3.8) is 0 Å². The van der Waals surface area contributed by atoms with Gasteiger partial charge in [-0.2, -0.15) is 0 Å². The largest absolute Gasteiger partial charge is 0.495 e. The molecule has 4 rings (SSSR count). The fourth-order valence-electron chi connectivity index (χ4n) is 3.08. The number of thioether (sulfide) groups is 1. The highest BCUT2D eigenvalue weighted by atomic mass is 32.2. The van der Waals surface area contributed by atoms with Gasteiger partial charge in [0.2, 0.25) is 5.91 Å². The number of rotatable bonds is 7. The molecular formula is C20H21N3O6S2. The molecule has 1 amide bonds. The molecule has 0 atom stereocenters. The zero-order valence-electron chi connectivity index (χ0n) is 16.7. The minimum Gasteiger partial charge on any atom is -0.495 e. The first-order valence-corrected chi connectivity index (χ1v) is 12.0. The number of anilines is 1. The number of amides is 1. The summed E-state index contributed by atoms with van der Waals surface area (Å²) in [4.78, 5) is 18.4. The Kier molecular flexibility index (Phi) is 6.35. The van der Waals surface area contributed by atoms with Gasteiger partial charge in [0.05, 0.1) is 36.7 Å². The Labute approximate surface area is 183 Å². The number of fused-ring (bicyclic) bond motifs is 1. The van der Waals surface area contributed by atoms with Gasteiger partial charge in [-0.15, -0.1) is 0 Å². The molecule has 0 radical (unpaired) electrons. The molecule has 3 aromatic rings. The van der Waals surface area contributed by atoms with E-state index in [2.05, 4.69) is 9.71 Å². The van der Waals surface area contributed by atoms with E-state index in [0.717, 1.165) is 0 Å². The van der Waals surface area contributed by atoms with Crippen LogP contribution in [0.15, 0.2) is 57.0 Å². The minimum atomic E-state index is -3.86. The smallest absolute Gasteiger partial charge is 0.262 e. The molecule has 11 heteroatoms. The van der Waals surface area contributed by atoms with Gasteiger partial charge in [-0.3, -0.25) is 9.52 Å². The number of oxazole rings is 1. The van der Waals surface area contributed by atoms with E-state index in [1.165, 1.54) is 31.0 Å². The number of aromatic nitrogens is 1. The number of para-hydroxylation sites is 2. The van der Waals surface area contributed by atoms with Crippen molar-refractivity contribution in [1.82, 2.24) is 9.88 Å². The molecule has 1 fully saturated rings. The molecule has 164 valence electrons. The van der Waals surface area contributed by atoms with Crippen LogP contribution in [0.3, 0.4) is 0 Å². The highest BCUT2D eigenvalue weighted by Crippen LogP contribution is 2.29. The lowest BCUT2D eigenvalue weighted by atomic mass is 10.3. The molecule has 0 unspecified atom stereocenters. The van der Waals surface area contributed by atoms with Crippen LogP contribution in [0, 0.1) is 0 Å². The van der Waals surface area contributed by atoms with E-state index in [-0.39, 0.29) is 16.6 Å². The lowest BCUT2D eigenvalue weighted by Gasteiger charge is -2.26. The Balaban J connectivity index is 1.48. The van der Waals surface area contributed by atoms with Crippen LogP contribution in [0.25, 0.3) is 11.1 Å². The molecule has 1 N–H and O–H groups in total. The van der Waals surface area contributed by atoms with Crippen molar-refractivity contribution in [3.05, 3.63) is 42.5 Å². The SMILES string of the molecule is COc1ccccc1NS(=O)(=O)c1ccc2oc(SCC(=O)N3CCOCC3)nc2c1. The molecule has 0 aliphatic carbocycles. The van der Waals surface area contributed by atoms with E-state index in [1.807, 2.05) is 0 Å². The molecule has 0 saturated carbocycles. The molecule has 0 spiro atoms. The van der Waals surface area contributed by atoms with E-state index in [0.29, 0.717) is 54.1 Å². The predicted molar refractivity (Wildman–Crippen MR) is 116 cm³/mol. The maximum Gasteiger partial charge on any atom is 0.262 e. The summed E-state index contributed by atoms with van der Waals surface area (Å²) in [6, 6.07) is 11.2. The molecule has 1 aliphatic heterocycles. The summed E-state index contributed by atoms with van der Waals surface area (Å²) in [5, 5.41) is 0.309. The number of morpholine rings is 1. The zero-order chi connectivity index (χ0) is 21.8. The molecule has 31 heavy (non-hydrogen) atoms. The molecule has 9 nitrogen and oxygen atoms in total. The first-order chi connectivity index (χ1) is 15.0. The van der Waals surface area contributed by atoms with Crippen LogP contribution in [-0.4, -0.2) is 63.4 Å². The highest BCUT2D eigenvalue weighted by Gasteiger charge is 2.20. The van der Waals surface area contributed by atoms with E-state index in [9.17, 15) is 13.2 Å². The van der Waals surface area contributed by atoms with Crippen LogP contribution in [0.4, 0.5) is 5.69 Å². The second-order valence-electron chi connectivity index (χ2n) is 6.70. The summed E-state index contributed by atoms with van der Waals surface area (Å²) in [5.41, 5.74) is 1.17. The van der Waals surface area contributed by atoms with Crippen LogP contribution < -0.4 is 9.46 Å². The molecule has 1 saturated heterocycles. The number of nitrogens with zero attached hydrogens (tertiary/aromatic N) is 2. The Morgan fingerprint density at radius 2 is 2.00 bits per heavy atom. The summed E-state index contributed by atoms with van der Waals surface area (Å²) in [6.07, 6.45) is 0. The number of methoxy groups -OCH3 is 1. The van der Waals surface area contributed by atoms with Gasteiger partial charge in [-0.05, 0) is 30.3 Å². The number of nitrogens with one attached hydrogen (secondary N) is 1. The van der Waals surface area contributed by atoms with Gasteiger partial charge in [0.15, 0.2) is 5.58 Å². The van der Waals surface area contributed by atoms with Gasteiger partial charge >= 0.3 is 0 Å². The standard InChI is InChI=1S/C20H21N3O6S2/c1-27-17-5-3-2-4-15(17)22-31(25,26)14-6-7-18-16(12-14)21-20(29-18)30-13-19(24)23-8-10-28-11-9-23/h2-7,12,22H,8-11,13H2,1H3. The Morgan fingerprint density at radius 3 is 2.77 bits per heavy atom. The van der Waals surface area contributed by atoms with E-state index >= 15 is 0 Å². The van der Waals surface area contributed by atoms with Crippen LogP contribution in [-0.2, 0) is 19.6 Å². The average Bonchev–Trinajstić information content (AvgIpc) is 3.20. The number of benzene rings is 2. The van der Waals surface area contributed by atoms with Crippen molar-refractivity contribution >= 4 is 44.5 Å².